The molecule has 1 aromatic heterocycles. The van der Waals surface area contributed by atoms with Crippen molar-refractivity contribution in [3.63, 3.8) is 0 Å². The van der Waals surface area contributed by atoms with Crippen LogP contribution in [0.5, 0.6) is 0 Å². The Kier molecular flexibility index (Phi) is 6.34. The van der Waals surface area contributed by atoms with Crippen molar-refractivity contribution in [3.05, 3.63) is 57.2 Å². The summed E-state index contributed by atoms with van der Waals surface area (Å²) in [7, 11) is 0. The summed E-state index contributed by atoms with van der Waals surface area (Å²) in [6, 6.07) is 9.97. The Bertz CT molecular complexity index is 1010. The molecule has 156 valence electrons. The van der Waals surface area contributed by atoms with Crippen LogP contribution in [0.4, 0.5) is 5.69 Å². The van der Waals surface area contributed by atoms with Crippen LogP contribution in [0, 0.1) is 10.1 Å². The number of hydrogen-bond acceptors (Lipinski definition) is 6. The predicted molar refractivity (Wildman–Crippen MR) is 122 cm³/mol. The minimum atomic E-state index is -0.436. The van der Waals surface area contributed by atoms with Crippen molar-refractivity contribution in [2.75, 3.05) is 0 Å². The van der Waals surface area contributed by atoms with E-state index < -0.39 is 4.92 Å². The van der Waals surface area contributed by atoms with Crippen LogP contribution in [0.1, 0.15) is 50.7 Å². The highest BCUT2D eigenvalue weighted by atomic mass is 32.2. The summed E-state index contributed by atoms with van der Waals surface area (Å²) >= 11 is 6.84. The van der Waals surface area contributed by atoms with Gasteiger partial charge in [0, 0.05) is 29.8 Å². The second-order valence-electron chi connectivity index (χ2n) is 7.56. The third-order valence-electron chi connectivity index (χ3n) is 5.51. The minimum absolute atomic E-state index is 0.00511. The lowest BCUT2D eigenvalue weighted by Crippen LogP contribution is -2.39. The Hall–Kier alpha value is -2.45. The first-order valence-electron chi connectivity index (χ1n) is 10.1. The van der Waals surface area contributed by atoms with Gasteiger partial charge < -0.3 is 4.42 Å². The van der Waals surface area contributed by atoms with Gasteiger partial charge in [-0.25, -0.2) is 0 Å². The van der Waals surface area contributed by atoms with Gasteiger partial charge in [-0.1, -0.05) is 68.2 Å². The molecule has 0 radical (unpaired) electrons. The molecule has 8 heteroatoms. The highest BCUT2D eigenvalue weighted by Gasteiger charge is 2.37. The first-order chi connectivity index (χ1) is 14.5. The first kappa shape index (κ1) is 20.8. The topological polar surface area (TPSA) is 76.6 Å². The first-order valence-corrected chi connectivity index (χ1v) is 11.4. The molecule has 6 nitrogen and oxygen atoms in total. The molecule has 2 fully saturated rings. The maximum atomic E-state index is 13.0. The van der Waals surface area contributed by atoms with Crippen molar-refractivity contribution < 1.29 is 14.1 Å². The highest BCUT2D eigenvalue weighted by molar-refractivity contribution is 8.26. The zero-order chi connectivity index (χ0) is 21.1. The molecule has 1 aliphatic heterocycles. The normalized spacial score (nSPS) is 19.9. The summed E-state index contributed by atoms with van der Waals surface area (Å²) in [6.07, 6.45) is 9.67. The molecule has 1 aliphatic carbocycles. The van der Waals surface area contributed by atoms with E-state index in [1.807, 2.05) is 0 Å². The lowest BCUT2D eigenvalue weighted by Gasteiger charge is -2.28. The quantitative estimate of drug-likeness (QED) is 0.244. The molecule has 30 heavy (non-hydrogen) atoms. The lowest BCUT2D eigenvalue weighted by molar-refractivity contribution is -0.384. The van der Waals surface area contributed by atoms with Crippen molar-refractivity contribution in [3.8, 4) is 11.3 Å². The number of carbonyl (C=O) groups is 1. The van der Waals surface area contributed by atoms with E-state index in [9.17, 15) is 14.9 Å². The fourth-order valence-electron chi connectivity index (χ4n) is 3.97. The van der Waals surface area contributed by atoms with E-state index in [1.165, 1.54) is 43.2 Å². The van der Waals surface area contributed by atoms with Gasteiger partial charge in [-0.15, -0.1) is 0 Å². The Morgan fingerprint density at radius 1 is 1.13 bits per heavy atom. The molecule has 1 amide bonds. The van der Waals surface area contributed by atoms with Crippen LogP contribution >= 0.6 is 24.0 Å². The molecular formula is C22H22N2O4S2. The third-order valence-corrected chi connectivity index (χ3v) is 6.84. The molecule has 1 aromatic carbocycles. The maximum Gasteiger partial charge on any atom is 0.270 e. The fourth-order valence-corrected chi connectivity index (χ4v) is 5.36. The summed E-state index contributed by atoms with van der Waals surface area (Å²) in [4.78, 5) is 26.0. The number of thioether (sulfide) groups is 1. The van der Waals surface area contributed by atoms with E-state index in [0.29, 0.717) is 26.3 Å². The molecule has 0 N–H and O–H groups in total. The van der Waals surface area contributed by atoms with E-state index in [0.717, 1.165) is 25.7 Å². The van der Waals surface area contributed by atoms with E-state index >= 15 is 0 Å². The van der Waals surface area contributed by atoms with Gasteiger partial charge in [0.05, 0.1) is 9.83 Å². The number of amides is 1. The standard InChI is InChI=1S/C22H22N2O4S2/c25-21-20(30-22(29)23(21)16-8-4-2-1-3-5-9-16)14-18-11-12-19(28-18)15-7-6-10-17(13-15)24(26)27/h6-7,10-14,16H,1-5,8-9H2/b20-14-. The maximum absolute atomic E-state index is 13.0. The van der Waals surface area contributed by atoms with Gasteiger partial charge in [-0.05, 0) is 25.0 Å². The van der Waals surface area contributed by atoms with Crippen LogP contribution < -0.4 is 0 Å². The molecule has 0 unspecified atom stereocenters. The second kappa shape index (κ2) is 9.14. The summed E-state index contributed by atoms with van der Waals surface area (Å²) in [5.41, 5.74) is 0.622. The number of non-ortho nitro benzene ring substituents is 1. The van der Waals surface area contributed by atoms with Gasteiger partial charge in [0.25, 0.3) is 11.6 Å². The fraction of sp³-hybridized carbons (Fsp3) is 0.364. The SMILES string of the molecule is O=C1/C(=C/c2ccc(-c3cccc([N+](=O)[O-])c3)o2)SC(=S)N1C1CCCCCCC1. The van der Waals surface area contributed by atoms with Gasteiger partial charge in [-0.3, -0.25) is 19.8 Å². The smallest absolute Gasteiger partial charge is 0.270 e. The molecule has 2 heterocycles. The van der Waals surface area contributed by atoms with Crippen LogP contribution in [0.15, 0.2) is 45.7 Å². The molecular weight excluding hydrogens is 420 g/mol. The lowest BCUT2D eigenvalue weighted by atomic mass is 9.96. The second-order valence-corrected chi connectivity index (χ2v) is 9.24. The molecule has 1 saturated heterocycles. The molecule has 0 bridgehead atoms. The summed E-state index contributed by atoms with van der Waals surface area (Å²) < 4.78 is 6.45. The number of thiocarbonyl (C=S) groups is 1. The number of nitro groups is 1. The summed E-state index contributed by atoms with van der Waals surface area (Å²) in [6.45, 7) is 0. The number of nitro benzene ring substituents is 1. The zero-order valence-electron chi connectivity index (χ0n) is 16.4. The van der Waals surface area contributed by atoms with Crippen molar-refractivity contribution in [2.24, 2.45) is 0 Å². The predicted octanol–water partition coefficient (Wildman–Crippen LogP) is 6.17. The average molecular weight is 443 g/mol. The van der Waals surface area contributed by atoms with Gasteiger partial charge >= 0.3 is 0 Å². The van der Waals surface area contributed by atoms with E-state index in [4.69, 9.17) is 16.6 Å². The Morgan fingerprint density at radius 3 is 2.60 bits per heavy atom. The molecule has 2 aliphatic rings. The van der Waals surface area contributed by atoms with Crippen LogP contribution in [0.2, 0.25) is 0 Å². The number of benzene rings is 1. The van der Waals surface area contributed by atoms with Crippen LogP contribution in [0.3, 0.4) is 0 Å². The monoisotopic (exact) mass is 442 g/mol. The molecule has 0 atom stereocenters. The van der Waals surface area contributed by atoms with E-state index in [-0.39, 0.29) is 17.6 Å². The molecule has 1 saturated carbocycles. The number of carbonyl (C=O) groups excluding carboxylic acids is 1. The van der Waals surface area contributed by atoms with Gasteiger partial charge in [0.1, 0.15) is 15.8 Å². The minimum Gasteiger partial charge on any atom is -0.457 e. The van der Waals surface area contributed by atoms with Gasteiger partial charge in [0.15, 0.2) is 0 Å². The molecule has 4 rings (SSSR count). The van der Waals surface area contributed by atoms with Crippen LogP contribution in [-0.2, 0) is 4.79 Å². The van der Waals surface area contributed by atoms with Crippen LogP contribution in [-0.4, -0.2) is 26.1 Å². The van der Waals surface area contributed by atoms with Crippen LogP contribution in [0.25, 0.3) is 17.4 Å². The summed E-state index contributed by atoms with van der Waals surface area (Å²) in [5, 5.41) is 11.0. The van der Waals surface area contributed by atoms with Crippen molar-refractivity contribution >= 4 is 46.0 Å². The number of furan rings is 1. The third kappa shape index (κ3) is 4.49. The molecule has 2 aromatic rings. The highest BCUT2D eigenvalue weighted by Crippen LogP contribution is 2.37. The van der Waals surface area contributed by atoms with E-state index in [2.05, 4.69) is 0 Å². The number of hydrogen-bond donors (Lipinski definition) is 0. The number of nitrogens with zero attached hydrogens (tertiary/aromatic N) is 2. The zero-order valence-corrected chi connectivity index (χ0v) is 18.0. The van der Waals surface area contributed by atoms with Crippen molar-refractivity contribution in [2.45, 2.75) is 51.0 Å². The Labute approximate surface area is 184 Å². The van der Waals surface area contributed by atoms with Crippen molar-refractivity contribution in [1.82, 2.24) is 4.90 Å². The molecule has 0 spiro atoms. The number of rotatable bonds is 4. The average Bonchev–Trinajstić information content (AvgIpc) is 3.27. The van der Waals surface area contributed by atoms with Gasteiger partial charge in [0.2, 0.25) is 0 Å². The summed E-state index contributed by atoms with van der Waals surface area (Å²) in [5.74, 6) is 0.985. The van der Waals surface area contributed by atoms with Gasteiger partial charge in [-0.2, -0.15) is 0 Å². The van der Waals surface area contributed by atoms with Crippen molar-refractivity contribution in [1.29, 1.82) is 0 Å². The Morgan fingerprint density at radius 2 is 1.87 bits per heavy atom. The largest absolute Gasteiger partial charge is 0.457 e. The Balaban J connectivity index is 1.53. The van der Waals surface area contributed by atoms with E-state index in [1.54, 1.807) is 35.2 Å².